The third-order valence-electron chi connectivity index (χ3n) is 3.91. The van der Waals surface area contributed by atoms with Gasteiger partial charge in [0, 0.05) is 5.69 Å². The van der Waals surface area contributed by atoms with Gasteiger partial charge in [0.15, 0.2) is 0 Å². The van der Waals surface area contributed by atoms with Gasteiger partial charge in [0.05, 0.1) is 18.5 Å². The lowest BCUT2D eigenvalue weighted by molar-refractivity contribution is -0.119. The van der Waals surface area contributed by atoms with Crippen LogP contribution >= 0.6 is 0 Å². The first-order valence-electron chi connectivity index (χ1n) is 7.23. The Kier molecular flexibility index (Phi) is 5.14. The largest absolute Gasteiger partial charge is 0.325 e. The van der Waals surface area contributed by atoms with Crippen LogP contribution in [0.5, 0.6) is 0 Å². The van der Waals surface area contributed by atoms with Crippen LogP contribution in [0.4, 0.5) is 5.69 Å². The molecule has 1 amide bonds. The highest BCUT2D eigenvalue weighted by Crippen LogP contribution is 2.20. The van der Waals surface area contributed by atoms with E-state index in [1.165, 1.54) is 0 Å². The zero-order valence-electron chi connectivity index (χ0n) is 11.9. The molecule has 2 unspecified atom stereocenters. The van der Waals surface area contributed by atoms with Gasteiger partial charge in [0.1, 0.15) is 0 Å². The van der Waals surface area contributed by atoms with Crippen LogP contribution in [0.3, 0.4) is 0 Å². The van der Waals surface area contributed by atoms with Gasteiger partial charge in [-0.25, -0.2) is 0 Å². The standard InChI is InChI=1S/C16H21N3O/c1-2-12-8-10-18-15(11-12)16(20)19-14-5-3-13(4-6-14)7-9-17/h3-6,12,15,18H,2,7-8,10-11H2,1H3,(H,19,20). The third kappa shape index (κ3) is 3.82. The molecule has 20 heavy (non-hydrogen) atoms. The number of nitrogens with zero attached hydrogens (tertiary/aromatic N) is 1. The monoisotopic (exact) mass is 271 g/mol. The molecular formula is C16H21N3O. The average molecular weight is 271 g/mol. The van der Waals surface area contributed by atoms with Gasteiger partial charge in [-0.05, 0) is 43.0 Å². The van der Waals surface area contributed by atoms with Gasteiger partial charge in [-0.2, -0.15) is 5.26 Å². The molecule has 0 spiro atoms. The van der Waals surface area contributed by atoms with Crippen molar-refractivity contribution in [1.29, 1.82) is 5.26 Å². The van der Waals surface area contributed by atoms with E-state index in [-0.39, 0.29) is 11.9 Å². The summed E-state index contributed by atoms with van der Waals surface area (Å²) < 4.78 is 0. The molecule has 2 N–H and O–H groups in total. The zero-order chi connectivity index (χ0) is 14.4. The molecule has 2 atom stereocenters. The summed E-state index contributed by atoms with van der Waals surface area (Å²) in [7, 11) is 0. The third-order valence-corrected chi connectivity index (χ3v) is 3.91. The van der Waals surface area contributed by atoms with E-state index in [1.807, 2.05) is 24.3 Å². The Morgan fingerprint density at radius 1 is 1.45 bits per heavy atom. The van der Waals surface area contributed by atoms with Crippen molar-refractivity contribution >= 4 is 11.6 Å². The number of nitriles is 1. The molecule has 1 aliphatic heterocycles. The Hall–Kier alpha value is -1.86. The van der Waals surface area contributed by atoms with Gasteiger partial charge in [0.2, 0.25) is 5.91 Å². The maximum Gasteiger partial charge on any atom is 0.241 e. The first kappa shape index (κ1) is 14.5. The van der Waals surface area contributed by atoms with Crippen molar-refractivity contribution in [2.75, 3.05) is 11.9 Å². The summed E-state index contributed by atoms with van der Waals surface area (Å²) >= 11 is 0. The molecule has 1 aliphatic rings. The number of carbonyl (C=O) groups is 1. The van der Waals surface area contributed by atoms with Crippen LogP contribution in [0.2, 0.25) is 0 Å². The molecule has 106 valence electrons. The van der Waals surface area contributed by atoms with Crippen molar-refractivity contribution in [2.45, 2.75) is 38.6 Å². The van der Waals surface area contributed by atoms with Crippen LogP contribution in [-0.4, -0.2) is 18.5 Å². The van der Waals surface area contributed by atoms with E-state index in [2.05, 4.69) is 23.6 Å². The number of benzene rings is 1. The number of nitrogens with one attached hydrogen (secondary N) is 2. The number of hydrogen-bond donors (Lipinski definition) is 2. The van der Waals surface area contributed by atoms with E-state index in [9.17, 15) is 4.79 Å². The zero-order valence-corrected chi connectivity index (χ0v) is 11.9. The molecule has 0 bridgehead atoms. The summed E-state index contributed by atoms with van der Waals surface area (Å²) in [4.78, 5) is 12.2. The quantitative estimate of drug-likeness (QED) is 0.884. The Morgan fingerprint density at radius 2 is 2.20 bits per heavy atom. The first-order chi connectivity index (χ1) is 9.72. The maximum absolute atomic E-state index is 12.2. The molecule has 1 aromatic carbocycles. The number of amides is 1. The van der Waals surface area contributed by atoms with E-state index in [4.69, 9.17) is 5.26 Å². The van der Waals surface area contributed by atoms with Crippen molar-refractivity contribution < 1.29 is 4.79 Å². The number of hydrogen-bond acceptors (Lipinski definition) is 3. The summed E-state index contributed by atoms with van der Waals surface area (Å²) in [5, 5.41) is 14.8. The fourth-order valence-electron chi connectivity index (χ4n) is 2.59. The topological polar surface area (TPSA) is 64.9 Å². The molecule has 0 aliphatic carbocycles. The fourth-order valence-corrected chi connectivity index (χ4v) is 2.59. The Balaban J connectivity index is 1.92. The van der Waals surface area contributed by atoms with Crippen LogP contribution < -0.4 is 10.6 Å². The van der Waals surface area contributed by atoms with Crippen molar-refractivity contribution in [3.05, 3.63) is 29.8 Å². The van der Waals surface area contributed by atoms with Crippen LogP contribution in [0.1, 0.15) is 31.7 Å². The molecule has 0 aromatic heterocycles. The molecule has 0 radical (unpaired) electrons. The highest BCUT2D eigenvalue weighted by atomic mass is 16.2. The second kappa shape index (κ2) is 7.06. The van der Waals surface area contributed by atoms with Crippen LogP contribution in [0.25, 0.3) is 0 Å². The lowest BCUT2D eigenvalue weighted by atomic mass is 9.90. The second-order valence-electron chi connectivity index (χ2n) is 5.33. The van der Waals surface area contributed by atoms with Crippen molar-refractivity contribution in [3.8, 4) is 6.07 Å². The highest BCUT2D eigenvalue weighted by molar-refractivity contribution is 5.94. The summed E-state index contributed by atoms with van der Waals surface area (Å²) in [6, 6.07) is 9.48. The fraction of sp³-hybridized carbons (Fsp3) is 0.500. The Morgan fingerprint density at radius 3 is 2.85 bits per heavy atom. The number of carbonyl (C=O) groups excluding carboxylic acids is 1. The average Bonchev–Trinajstić information content (AvgIpc) is 2.49. The molecule has 4 heteroatoms. The summed E-state index contributed by atoms with van der Waals surface area (Å²) in [6.45, 7) is 3.09. The molecule has 0 saturated carbocycles. The van der Waals surface area contributed by atoms with Crippen LogP contribution in [0, 0.1) is 17.2 Å². The van der Waals surface area contributed by atoms with Gasteiger partial charge < -0.3 is 10.6 Å². The lowest BCUT2D eigenvalue weighted by Gasteiger charge is -2.28. The lowest BCUT2D eigenvalue weighted by Crippen LogP contribution is -2.46. The maximum atomic E-state index is 12.2. The molecule has 2 rings (SSSR count). The van der Waals surface area contributed by atoms with E-state index in [0.717, 1.165) is 37.1 Å². The van der Waals surface area contributed by atoms with Crippen LogP contribution in [-0.2, 0) is 11.2 Å². The molecule has 1 saturated heterocycles. The Bertz CT molecular complexity index is 489. The SMILES string of the molecule is CCC1CCNC(C(=O)Nc2ccc(CC#N)cc2)C1. The minimum atomic E-state index is -0.0903. The van der Waals surface area contributed by atoms with E-state index in [0.29, 0.717) is 12.3 Å². The van der Waals surface area contributed by atoms with Gasteiger partial charge in [-0.3, -0.25) is 4.79 Å². The van der Waals surface area contributed by atoms with Gasteiger partial charge >= 0.3 is 0 Å². The summed E-state index contributed by atoms with van der Waals surface area (Å²) in [5.74, 6) is 0.682. The molecular weight excluding hydrogens is 250 g/mol. The predicted octanol–water partition coefficient (Wildman–Crippen LogP) is 2.47. The van der Waals surface area contributed by atoms with E-state index >= 15 is 0 Å². The molecule has 4 nitrogen and oxygen atoms in total. The van der Waals surface area contributed by atoms with Gasteiger partial charge in [0.25, 0.3) is 0 Å². The molecule has 1 heterocycles. The normalized spacial score (nSPS) is 22.0. The minimum Gasteiger partial charge on any atom is -0.325 e. The predicted molar refractivity (Wildman–Crippen MR) is 79.2 cm³/mol. The summed E-state index contributed by atoms with van der Waals surface area (Å²) in [6.07, 6.45) is 3.60. The van der Waals surface area contributed by atoms with Crippen molar-refractivity contribution in [2.24, 2.45) is 5.92 Å². The number of rotatable bonds is 4. The van der Waals surface area contributed by atoms with Gasteiger partial charge in [-0.15, -0.1) is 0 Å². The first-order valence-corrected chi connectivity index (χ1v) is 7.23. The smallest absolute Gasteiger partial charge is 0.241 e. The van der Waals surface area contributed by atoms with Crippen molar-refractivity contribution in [1.82, 2.24) is 5.32 Å². The van der Waals surface area contributed by atoms with E-state index in [1.54, 1.807) is 0 Å². The highest BCUT2D eigenvalue weighted by Gasteiger charge is 2.25. The second-order valence-corrected chi connectivity index (χ2v) is 5.33. The number of anilines is 1. The summed E-state index contributed by atoms with van der Waals surface area (Å²) in [5.41, 5.74) is 1.75. The molecule has 1 aromatic rings. The minimum absolute atomic E-state index is 0.0381. The molecule has 1 fully saturated rings. The van der Waals surface area contributed by atoms with Crippen LogP contribution in [0.15, 0.2) is 24.3 Å². The number of piperidine rings is 1. The Labute approximate surface area is 120 Å². The van der Waals surface area contributed by atoms with E-state index < -0.39 is 0 Å². The van der Waals surface area contributed by atoms with Crippen molar-refractivity contribution in [3.63, 3.8) is 0 Å². The van der Waals surface area contributed by atoms with Gasteiger partial charge in [-0.1, -0.05) is 25.5 Å².